The fourth-order valence-corrected chi connectivity index (χ4v) is 3.68. The number of nitrogen functional groups attached to an aromatic ring is 1. The van der Waals surface area contributed by atoms with Crippen LogP contribution in [0.5, 0.6) is 0 Å². The van der Waals surface area contributed by atoms with Crippen LogP contribution in [0.15, 0.2) is 13.4 Å². The number of hydrogen-bond donors (Lipinski definition) is 3. The fourth-order valence-electron chi connectivity index (χ4n) is 1.16. The molecule has 0 bridgehead atoms. The summed E-state index contributed by atoms with van der Waals surface area (Å²) in [6.07, 6.45) is 0. The van der Waals surface area contributed by atoms with Crippen molar-refractivity contribution in [1.82, 2.24) is 0 Å². The minimum atomic E-state index is -1.16. The first kappa shape index (κ1) is 14.5. The molecule has 1 rings (SSSR count). The Kier molecular flexibility index (Phi) is 4.56. The number of amides is 1. The van der Waals surface area contributed by atoms with Crippen LogP contribution in [-0.2, 0) is 4.79 Å². The Morgan fingerprint density at radius 2 is 1.71 bits per heavy atom. The highest BCUT2D eigenvalue weighted by Crippen LogP contribution is 2.43. The molecule has 1 amide bonds. The standard InChI is InChI=1S/C9H7Br3N2O3/c1-2(15)14-8-5(11)3(9(16)17)4(10)7(13)6(8)12/h13H2,1H3,(H,14,15)(H,16,17). The molecule has 5 nitrogen and oxygen atoms in total. The van der Waals surface area contributed by atoms with Gasteiger partial charge in [-0.3, -0.25) is 4.79 Å². The molecular weight excluding hydrogens is 424 g/mol. The van der Waals surface area contributed by atoms with Crippen LogP contribution in [0, 0.1) is 0 Å². The maximum atomic E-state index is 11.1. The van der Waals surface area contributed by atoms with Gasteiger partial charge in [-0.25, -0.2) is 4.79 Å². The van der Waals surface area contributed by atoms with E-state index >= 15 is 0 Å². The van der Waals surface area contributed by atoms with Crippen molar-refractivity contribution >= 4 is 71.0 Å². The Balaban J connectivity index is 3.61. The Morgan fingerprint density at radius 1 is 1.18 bits per heavy atom. The summed E-state index contributed by atoms with van der Waals surface area (Å²) >= 11 is 9.44. The summed E-state index contributed by atoms with van der Waals surface area (Å²) in [7, 11) is 0. The number of aromatic carboxylic acids is 1. The quantitative estimate of drug-likeness (QED) is 0.628. The molecule has 1 aromatic rings. The molecule has 0 heterocycles. The van der Waals surface area contributed by atoms with E-state index in [1.165, 1.54) is 6.92 Å². The Labute approximate surface area is 122 Å². The van der Waals surface area contributed by atoms with Gasteiger partial charge in [0.1, 0.15) is 0 Å². The number of hydrogen-bond acceptors (Lipinski definition) is 3. The van der Waals surface area contributed by atoms with Crippen LogP contribution in [0.2, 0.25) is 0 Å². The third-order valence-electron chi connectivity index (χ3n) is 1.87. The predicted octanol–water partition coefficient (Wildman–Crippen LogP) is 3.21. The van der Waals surface area contributed by atoms with Crippen molar-refractivity contribution in [3.63, 3.8) is 0 Å². The molecule has 0 unspecified atom stereocenters. The lowest BCUT2D eigenvalue weighted by molar-refractivity contribution is -0.114. The van der Waals surface area contributed by atoms with Crippen LogP contribution < -0.4 is 11.1 Å². The number of benzene rings is 1. The smallest absolute Gasteiger partial charge is 0.338 e. The summed E-state index contributed by atoms with van der Waals surface area (Å²) < 4.78 is 0.905. The van der Waals surface area contributed by atoms with Gasteiger partial charge in [0.15, 0.2) is 0 Å². The maximum Gasteiger partial charge on any atom is 0.338 e. The van der Waals surface area contributed by atoms with Crippen LogP contribution in [0.3, 0.4) is 0 Å². The van der Waals surface area contributed by atoms with Crippen molar-refractivity contribution < 1.29 is 14.7 Å². The second kappa shape index (κ2) is 5.36. The molecule has 0 aromatic heterocycles. The van der Waals surface area contributed by atoms with Gasteiger partial charge in [0.2, 0.25) is 5.91 Å². The molecule has 0 fully saturated rings. The SMILES string of the molecule is CC(=O)Nc1c(Br)c(N)c(Br)c(C(=O)O)c1Br. The summed E-state index contributed by atoms with van der Waals surface area (Å²) in [6, 6.07) is 0. The van der Waals surface area contributed by atoms with Crippen molar-refractivity contribution in [2.24, 2.45) is 0 Å². The average Bonchev–Trinajstić information content (AvgIpc) is 2.21. The number of anilines is 2. The van der Waals surface area contributed by atoms with Gasteiger partial charge in [-0.05, 0) is 47.8 Å². The van der Waals surface area contributed by atoms with Gasteiger partial charge in [-0.1, -0.05) is 0 Å². The molecule has 17 heavy (non-hydrogen) atoms. The molecular formula is C9H7Br3N2O3. The third-order valence-corrected chi connectivity index (χ3v) is 4.31. The van der Waals surface area contributed by atoms with E-state index in [1.54, 1.807) is 0 Å². The molecule has 0 aliphatic heterocycles. The summed E-state index contributed by atoms with van der Waals surface area (Å²) in [5, 5.41) is 11.6. The van der Waals surface area contributed by atoms with Gasteiger partial charge < -0.3 is 16.2 Å². The van der Waals surface area contributed by atoms with E-state index in [0.29, 0.717) is 4.47 Å². The summed E-state index contributed by atoms with van der Waals surface area (Å²) in [5.74, 6) is -1.49. The van der Waals surface area contributed by atoms with Gasteiger partial charge in [0.25, 0.3) is 0 Å². The highest BCUT2D eigenvalue weighted by Gasteiger charge is 2.23. The Hall–Kier alpha value is -0.600. The number of rotatable bonds is 2. The first-order chi connectivity index (χ1) is 7.77. The average molecular weight is 431 g/mol. The monoisotopic (exact) mass is 428 g/mol. The lowest BCUT2D eigenvalue weighted by Crippen LogP contribution is -2.11. The van der Waals surface area contributed by atoms with Crippen LogP contribution in [0.25, 0.3) is 0 Å². The molecule has 8 heteroatoms. The highest BCUT2D eigenvalue weighted by atomic mass is 79.9. The van der Waals surface area contributed by atoms with Crippen molar-refractivity contribution in [3.8, 4) is 0 Å². The minimum Gasteiger partial charge on any atom is -0.478 e. The Morgan fingerprint density at radius 3 is 2.12 bits per heavy atom. The second-order valence-corrected chi connectivity index (χ2v) is 5.47. The normalized spacial score (nSPS) is 10.1. The number of carbonyl (C=O) groups is 2. The Bertz CT molecular complexity index is 517. The minimum absolute atomic E-state index is 0.0468. The zero-order valence-electron chi connectivity index (χ0n) is 8.47. The molecule has 4 N–H and O–H groups in total. The van der Waals surface area contributed by atoms with Crippen LogP contribution >= 0.6 is 47.8 Å². The fraction of sp³-hybridized carbons (Fsp3) is 0.111. The number of carbonyl (C=O) groups excluding carboxylic acids is 1. The van der Waals surface area contributed by atoms with E-state index < -0.39 is 5.97 Å². The number of carboxylic acids is 1. The van der Waals surface area contributed by atoms with Gasteiger partial charge in [-0.2, -0.15) is 0 Å². The topological polar surface area (TPSA) is 92.4 Å². The van der Waals surface area contributed by atoms with E-state index in [4.69, 9.17) is 10.8 Å². The van der Waals surface area contributed by atoms with Crippen LogP contribution in [0.4, 0.5) is 11.4 Å². The number of nitrogens with two attached hydrogens (primary N) is 1. The highest BCUT2D eigenvalue weighted by molar-refractivity contribution is 9.12. The molecule has 0 atom stereocenters. The lowest BCUT2D eigenvalue weighted by Gasteiger charge is -2.15. The number of halogens is 3. The first-order valence-electron chi connectivity index (χ1n) is 4.24. The summed E-state index contributed by atoms with van der Waals surface area (Å²) in [5.41, 5.74) is 6.18. The van der Waals surface area contributed by atoms with Gasteiger partial charge >= 0.3 is 5.97 Å². The summed E-state index contributed by atoms with van der Waals surface area (Å²) in [6.45, 7) is 1.32. The predicted molar refractivity (Wildman–Crippen MR) is 75.2 cm³/mol. The third kappa shape index (κ3) is 2.80. The van der Waals surface area contributed by atoms with Gasteiger partial charge in [0.05, 0.1) is 30.4 Å². The van der Waals surface area contributed by atoms with Gasteiger partial charge in [-0.15, -0.1) is 0 Å². The molecule has 0 radical (unpaired) electrons. The van der Waals surface area contributed by atoms with Crippen molar-refractivity contribution in [2.75, 3.05) is 11.1 Å². The largest absolute Gasteiger partial charge is 0.478 e. The van der Waals surface area contributed by atoms with Gasteiger partial charge in [0, 0.05) is 6.92 Å². The zero-order chi connectivity index (χ0) is 13.3. The molecule has 0 saturated heterocycles. The van der Waals surface area contributed by atoms with E-state index in [0.717, 1.165) is 0 Å². The van der Waals surface area contributed by atoms with Crippen molar-refractivity contribution in [3.05, 3.63) is 19.0 Å². The number of nitrogens with one attached hydrogen (secondary N) is 1. The number of carboxylic acid groups (broad SMARTS) is 1. The van der Waals surface area contributed by atoms with Crippen LogP contribution in [-0.4, -0.2) is 17.0 Å². The van der Waals surface area contributed by atoms with Crippen LogP contribution in [0.1, 0.15) is 17.3 Å². The molecule has 0 aliphatic rings. The molecule has 1 aromatic carbocycles. The van der Waals surface area contributed by atoms with E-state index in [1.807, 2.05) is 0 Å². The van der Waals surface area contributed by atoms with Crippen molar-refractivity contribution in [1.29, 1.82) is 0 Å². The molecule has 0 spiro atoms. The first-order valence-corrected chi connectivity index (χ1v) is 6.62. The molecule has 0 aliphatic carbocycles. The second-order valence-electron chi connectivity index (χ2n) is 3.09. The van der Waals surface area contributed by atoms with Crippen molar-refractivity contribution in [2.45, 2.75) is 6.92 Å². The van der Waals surface area contributed by atoms with E-state index in [-0.39, 0.29) is 31.8 Å². The van der Waals surface area contributed by atoms with E-state index in [2.05, 4.69) is 53.1 Å². The molecule has 92 valence electrons. The van der Waals surface area contributed by atoms with E-state index in [9.17, 15) is 9.59 Å². The summed E-state index contributed by atoms with van der Waals surface area (Å²) in [4.78, 5) is 22.1. The lowest BCUT2D eigenvalue weighted by atomic mass is 10.1. The maximum absolute atomic E-state index is 11.1. The zero-order valence-corrected chi connectivity index (χ0v) is 13.2. The molecule has 0 saturated carbocycles.